The van der Waals surface area contributed by atoms with Crippen molar-refractivity contribution in [2.24, 2.45) is 0 Å². The number of rotatable bonds is 4. The molecule has 1 rings (SSSR count). The van der Waals surface area contributed by atoms with Crippen LogP contribution in [0.1, 0.15) is 25.8 Å². The van der Waals surface area contributed by atoms with E-state index in [0.717, 1.165) is 6.42 Å². The molecule has 6 nitrogen and oxygen atoms in total. The molecule has 16 heavy (non-hydrogen) atoms. The molecule has 0 radical (unpaired) electrons. The van der Waals surface area contributed by atoms with Gasteiger partial charge in [0.2, 0.25) is 5.82 Å². The fourth-order valence-corrected chi connectivity index (χ4v) is 1.17. The van der Waals surface area contributed by atoms with E-state index in [1.807, 2.05) is 13.8 Å². The van der Waals surface area contributed by atoms with E-state index in [4.69, 9.17) is 5.26 Å². The first-order chi connectivity index (χ1) is 7.60. The van der Waals surface area contributed by atoms with Crippen LogP contribution in [0.5, 0.6) is 0 Å². The molecule has 0 saturated heterocycles. The number of hydrogen-bond donors (Lipinski definition) is 1. The van der Waals surface area contributed by atoms with Crippen LogP contribution in [0.4, 0.5) is 11.5 Å². The van der Waals surface area contributed by atoms with Crippen LogP contribution in [0.2, 0.25) is 0 Å². The van der Waals surface area contributed by atoms with Gasteiger partial charge in [-0.1, -0.05) is 6.92 Å². The molecule has 0 aliphatic rings. The average Bonchev–Trinajstić information content (AvgIpc) is 2.28. The Bertz CT molecular complexity index is 439. The third-order valence-electron chi connectivity index (χ3n) is 2.22. The zero-order valence-corrected chi connectivity index (χ0v) is 9.10. The normalized spacial score (nSPS) is 11.6. The quantitative estimate of drug-likeness (QED) is 0.619. The van der Waals surface area contributed by atoms with Crippen molar-refractivity contribution in [3.63, 3.8) is 0 Å². The van der Waals surface area contributed by atoms with Crippen LogP contribution in [0, 0.1) is 21.4 Å². The van der Waals surface area contributed by atoms with Crippen molar-refractivity contribution in [1.82, 2.24) is 4.98 Å². The van der Waals surface area contributed by atoms with Crippen molar-refractivity contribution in [2.45, 2.75) is 26.3 Å². The summed E-state index contributed by atoms with van der Waals surface area (Å²) in [6.45, 7) is 3.85. The van der Waals surface area contributed by atoms with Gasteiger partial charge in [-0.15, -0.1) is 0 Å². The molecular formula is C10H12N4O2. The summed E-state index contributed by atoms with van der Waals surface area (Å²) in [5.74, 6) is 0.151. The maximum atomic E-state index is 10.8. The standard InChI is InChI=1S/C10H12N4O2/c1-3-7(2)13-10-9(14(15)16)8(6-11)4-5-12-10/h4-5,7H,3H2,1-2H3,(H,12,13). The van der Waals surface area contributed by atoms with Crippen molar-refractivity contribution < 1.29 is 4.92 Å². The number of nitrogens with zero attached hydrogens (tertiary/aromatic N) is 3. The summed E-state index contributed by atoms with van der Waals surface area (Å²) in [5.41, 5.74) is -0.240. The highest BCUT2D eigenvalue weighted by Gasteiger charge is 2.21. The number of nitriles is 1. The minimum Gasteiger partial charge on any atom is -0.362 e. The zero-order chi connectivity index (χ0) is 12.1. The molecule has 1 atom stereocenters. The fraction of sp³-hybridized carbons (Fsp3) is 0.400. The largest absolute Gasteiger partial charge is 0.362 e. The van der Waals surface area contributed by atoms with Gasteiger partial charge in [0.1, 0.15) is 11.6 Å². The van der Waals surface area contributed by atoms with E-state index in [9.17, 15) is 10.1 Å². The van der Waals surface area contributed by atoms with Crippen LogP contribution in [0.15, 0.2) is 12.3 Å². The van der Waals surface area contributed by atoms with E-state index in [-0.39, 0.29) is 23.1 Å². The second-order valence-corrected chi connectivity index (χ2v) is 3.38. The predicted molar refractivity (Wildman–Crippen MR) is 59.0 cm³/mol. The van der Waals surface area contributed by atoms with Gasteiger partial charge in [0.25, 0.3) is 0 Å². The predicted octanol–water partition coefficient (Wildman–Crippen LogP) is 2.07. The molecule has 0 aliphatic heterocycles. The lowest BCUT2D eigenvalue weighted by atomic mass is 10.2. The van der Waals surface area contributed by atoms with Gasteiger partial charge in [-0.2, -0.15) is 5.26 Å². The van der Waals surface area contributed by atoms with Gasteiger partial charge in [0.05, 0.1) is 4.92 Å². The summed E-state index contributed by atoms with van der Waals surface area (Å²) in [6, 6.07) is 3.19. The van der Waals surface area contributed by atoms with Crippen LogP contribution in [0.3, 0.4) is 0 Å². The van der Waals surface area contributed by atoms with Crippen LogP contribution < -0.4 is 5.32 Å². The highest BCUT2D eigenvalue weighted by Crippen LogP contribution is 2.26. The van der Waals surface area contributed by atoms with Crippen LogP contribution >= 0.6 is 0 Å². The van der Waals surface area contributed by atoms with E-state index in [2.05, 4.69) is 10.3 Å². The third-order valence-corrected chi connectivity index (χ3v) is 2.22. The lowest BCUT2D eigenvalue weighted by molar-refractivity contribution is -0.384. The molecule has 1 unspecified atom stereocenters. The van der Waals surface area contributed by atoms with Gasteiger partial charge in [-0.05, 0) is 19.4 Å². The Kier molecular flexibility index (Phi) is 3.78. The topological polar surface area (TPSA) is 91.8 Å². The van der Waals surface area contributed by atoms with Gasteiger partial charge < -0.3 is 5.32 Å². The van der Waals surface area contributed by atoms with Crippen molar-refractivity contribution >= 4 is 11.5 Å². The number of pyridine rings is 1. The van der Waals surface area contributed by atoms with Crippen molar-refractivity contribution in [3.8, 4) is 6.07 Å². The average molecular weight is 220 g/mol. The number of hydrogen-bond acceptors (Lipinski definition) is 5. The molecular weight excluding hydrogens is 208 g/mol. The smallest absolute Gasteiger partial charge is 0.328 e. The summed E-state index contributed by atoms with van der Waals surface area (Å²) < 4.78 is 0. The number of aromatic nitrogens is 1. The van der Waals surface area contributed by atoms with E-state index in [0.29, 0.717) is 0 Å². The molecule has 1 aromatic rings. The molecule has 1 N–H and O–H groups in total. The first-order valence-corrected chi connectivity index (χ1v) is 4.90. The number of anilines is 1. The van der Waals surface area contributed by atoms with Crippen LogP contribution in [-0.2, 0) is 0 Å². The summed E-state index contributed by atoms with van der Waals surface area (Å²) in [7, 11) is 0. The Balaban J connectivity index is 3.18. The molecule has 0 spiro atoms. The Morgan fingerprint density at radius 3 is 2.94 bits per heavy atom. The summed E-state index contributed by atoms with van der Waals surface area (Å²) in [4.78, 5) is 14.2. The van der Waals surface area contributed by atoms with E-state index in [1.165, 1.54) is 12.3 Å². The molecule has 1 aromatic heterocycles. The first kappa shape index (κ1) is 11.9. The van der Waals surface area contributed by atoms with Crippen molar-refractivity contribution in [3.05, 3.63) is 27.9 Å². The maximum Gasteiger partial charge on any atom is 0.328 e. The maximum absolute atomic E-state index is 10.8. The minimum absolute atomic E-state index is 0.0193. The highest BCUT2D eigenvalue weighted by molar-refractivity contribution is 5.64. The van der Waals surface area contributed by atoms with E-state index in [1.54, 1.807) is 6.07 Å². The van der Waals surface area contributed by atoms with Gasteiger partial charge in [-0.3, -0.25) is 10.1 Å². The third kappa shape index (κ3) is 2.45. The van der Waals surface area contributed by atoms with Gasteiger partial charge in [0, 0.05) is 12.2 Å². The summed E-state index contributed by atoms with van der Waals surface area (Å²) in [6.07, 6.45) is 2.20. The van der Waals surface area contributed by atoms with Crippen molar-refractivity contribution in [1.29, 1.82) is 5.26 Å². The Hall–Kier alpha value is -2.16. The van der Waals surface area contributed by atoms with Crippen molar-refractivity contribution in [2.75, 3.05) is 5.32 Å². The molecule has 0 saturated carbocycles. The second-order valence-electron chi connectivity index (χ2n) is 3.38. The summed E-state index contributed by atoms with van der Waals surface area (Å²) >= 11 is 0. The number of nitro groups is 1. The Morgan fingerprint density at radius 2 is 2.44 bits per heavy atom. The molecule has 0 aromatic carbocycles. The zero-order valence-electron chi connectivity index (χ0n) is 9.10. The van der Waals surface area contributed by atoms with E-state index >= 15 is 0 Å². The molecule has 0 amide bonds. The second kappa shape index (κ2) is 5.07. The molecule has 6 heteroatoms. The molecule has 0 bridgehead atoms. The Labute approximate surface area is 93.1 Å². The summed E-state index contributed by atoms with van der Waals surface area (Å²) in [5, 5.41) is 22.5. The highest BCUT2D eigenvalue weighted by atomic mass is 16.6. The fourth-order valence-electron chi connectivity index (χ4n) is 1.17. The minimum atomic E-state index is -0.587. The van der Waals surface area contributed by atoms with Gasteiger partial charge in [0.15, 0.2) is 0 Å². The first-order valence-electron chi connectivity index (χ1n) is 4.90. The lowest BCUT2D eigenvalue weighted by Crippen LogP contribution is -2.16. The van der Waals surface area contributed by atoms with Crippen LogP contribution in [0.25, 0.3) is 0 Å². The molecule has 0 aliphatic carbocycles. The molecule has 0 fully saturated rings. The lowest BCUT2D eigenvalue weighted by Gasteiger charge is -2.11. The van der Waals surface area contributed by atoms with E-state index < -0.39 is 4.92 Å². The van der Waals surface area contributed by atoms with Crippen LogP contribution in [-0.4, -0.2) is 15.9 Å². The van der Waals surface area contributed by atoms with Gasteiger partial charge in [-0.25, -0.2) is 4.98 Å². The molecule has 1 heterocycles. The monoisotopic (exact) mass is 220 g/mol. The SMILES string of the molecule is CCC(C)Nc1nccc(C#N)c1[N+](=O)[O-]. The Morgan fingerprint density at radius 1 is 1.75 bits per heavy atom. The molecule has 84 valence electrons. The van der Waals surface area contributed by atoms with Gasteiger partial charge >= 0.3 is 5.69 Å². The number of nitrogens with one attached hydrogen (secondary N) is 1.